The zero-order valence-corrected chi connectivity index (χ0v) is 31.9. The van der Waals surface area contributed by atoms with Crippen LogP contribution in [0.15, 0.2) is 59.0 Å². The van der Waals surface area contributed by atoms with E-state index in [-0.39, 0.29) is 126 Å². The first-order valence-electron chi connectivity index (χ1n) is 18.3. The van der Waals surface area contributed by atoms with E-state index in [1.54, 1.807) is 0 Å². The van der Waals surface area contributed by atoms with Crippen LogP contribution in [0, 0.1) is 0 Å². The van der Waals surface area contributed by atoms with Gasteiger partial charge in [-0.15, -0.1) is 43.7 Å². The third kappa shape index (κ3) is 5.44. The molecule has 0 unspecified atom stereocenters. The lowest BCUT2D eigenvalue weighted by Gasteiger charge is -2.32. The van der Waals surface area contributed by atoms with Gasteiger partial charge in [0.05, 0.1) is 0 Å². The maximum Gasteiger partial charge on any atom is 0.143 e. The van der Waals surface area contributed by atoms with Crippen LogP contribution in [-0.4, -0.2) is 133 Å². The topological polar surface area (TPSA) is 13.1 Å². The lowest BCUT2D eigenvalue weighted by Crippen LogP contribution is -2.57. The fourth-order valence-corrected chi connectivity index (χ4v) is 8.63. The molecule has 18 heteroatoms. The van der Waals surface area contributed by atoms with Gasteiger partial charge in [0.25, 0.3) is 0 Å². The van der Waals surface area contributed by atoms with Gasteiger partial charge in [0.2, 0.25) is 0 Å². The van der Waals surface area contributed by atoms with Gasteiger partial charge >= 0.3 is 0 Å². The van der Waals surface area contributed by atoms with Gasteiger partial charge in [0.15, 0.2) is 0 Å². The number of hydrogen-bond acceptors (Lipinski definition) is 1. The average molecular weight is 713 g/mol. The smallest absolute Gasteiger partial charge is 0.143 e. The number of benzene rings is 8. The minimum Gasteiger partial charge on any atom is -0.455 e. The van der Waals surface area contributed by atoms with Crippen LogP contribution in [-0.2, 0) is 0 Å². The Balaban J connectivity index is 1.53. The molecule has 0 aliphatic rings. The molecule has 8 aromatic carbocycles. The Morgan fingerprint density at radius 2 is 0.683 bits per heavy atom. The summed E-state index contributed by atoms with van der Waals surface area (Å²) in [5.41, 5.74) is 1.88. The van der Waals surface area contributed by atoms with Gasteiger partial charge in [-0.1, -0.05) is 85.6 Å². The van der Waals surface area contributed by atoms with Crippen molar-refractivity contribution < 1.29 is 4.42 Å². The molecule has 0 saturated carbocycles. The van der Waals surface area contributed by atoms with E-state index in [0.29, 0.717) is 33.1 Å². The number of rotatable bonds is 3. The maximum absolute atomic E-state index is 7.17. The zero-order chi connectivity index (χ0) is 43.1. The predicted octanol–water partition coefficient (Wildman–Crippen LogP) is -8.46. The van der Waals surface area contributed by atoms with Crippen molar-refractivity contribution in [3.8, 4) is 33.4 Å². The quantitative estimate of drug-likeness (QED) is 0.131. The monoisotopic (exact) mass is 716 g/mol. The second-order valence-electron chi connectivity index (χ2n) is 14.9. The van der Waals surface area contributed by atoms with Gasteiger partial charge in [0, 0.05) is 16.2 Å². The van der Waals surface area contributed by atoms with Crippen LogP contribution < -0.4 is 92.9 Å². The number of furan rings is 1. The van der Waals surface area contributed by atoms with E-state index in [1.165, 1.54) is 0 Å². The Morgan fingerprint density at radius 3 is 1.20 bits per heavy atom. The van der Waals surface area contributed by atoms with E-state index in [2.05, 4.69) is 0 Å². The standard InChI is InChI=1S/C42H9B17O/c43-25-22(30(48)34(52)31(49)23(25)24-32(50)39(57)41(59)40(58)33(24)51)17-20-18(26(44)35(53)37(55)28(20)46)16(19-21(17)29(47)38(56)36(54)27(19)45)11-6-8-15-14(9-11)13-7-5-10-3-1-2-4-12(10)42(13)60-15/h1-9H. The molecule has 0 aliphatic heterocycles. The minimum absolute atomic E-state index is 0.00496. The first-order chi connectivity index (χ1) is 28.4. The first kappa shape index (κ1) is 40.8. The number of hydrogen-bond donors (Lipinski definition) is 0. The van der Waals surface area contributed by atoms with Gasteiger partial charge in [-0.25, -0.2) is 0 Å². The molecule has 1 nitrogen and oxygen atoms in total. The Kier molecular flexibility index (Phi) is 9.70. The summed E-state index contributed by atoms with van der Waals surface area (Å²) in [5.74, 6) is 0. The summed E-state index contributed by atoms with van der Waals surface area (Å²) in [7, 11) is 114. The van der Waals surface area contributed by atoms with Crippen molar-refractivity contribution >= 4 is 281 Å². The molecule has 0 spiro atoms. The third-order valence-corrected chi connectivity index (χ3v) is 11.8. The normalized spacial score (nSPS) is 11.8. The molecule has 60 heavy (non-hydrogen) atoms. The predicted molar refractivity (Wildman–Crippen MR) is 274 cm³/mol. The van der Waals surface area contributed by atoms with Crippen molar-refractivity contribution in [1.82, 2.24) is 0 Å². The largest absolute Gasteiger partial charge is 0.455 e. The summed E-state index contributed by atoms with van der Waals surface area (Å²) in [6, 6.07) is 17.6. The summed E-state index contributed by atoms with van der Waals surface area (Å²) in [6.45, 7) is 0. The van der Waals surface area contributed by atoms with Crippen LogP contribution in [0.2, 0.25) is 0 Å². The average Bonchev–Trinajstić information content (AvgIpc) is 3.63. The van der Waals surface area contributed by atoms with Crippen molar-refractivity contribution in [3.63, 3.8) is 0 Å². The van der Waals surface area contributed by atoms with Crippen molar-refractivity contribution in [1.29, 1.82) is 0 Å². The van der Waals surface area contributed by atoms with Gasteiger partial charge in [-0.2, -0.15) is 0 Å². The minimum atomic E-state index is -0.123. The molecule has 1 heterocycles. The molecule has 9 aromatic rings. The molecule has 34 radical (unpaired) electrons. The Labute approximate surface area is 370 Å². The fourth-order valence-electron chi connectivity index (χ4n) is 8.63. The second kappa shape index (κ2) is 14.3. The maximum atomic E-state index is 7.17. The molecule has 234 valence electrons. The second-order valence-corrected chi connectivity index (χ2v) is 14.9. The molecule has 0 fully saturated rings. The van der Waals surface area contributed by atoms with Gasteiger partial charge in [-0.3, -0.25) is 0 Å². The van der Waals surface area contributed by atoms with E-state index in [1.807, 2.05) is 54.6 Å². The highest BCUT2D eigenvalue weighted by atomic mass is 16.3. The summed E-state index contributed by atoms with van der Waals surface area (Å²) < 4.78 is 6.44. The third-order valence-electron chi connectivity index (χ3n) is 11.8. The van der Waals surface area contributed by atoms with Crippen LogP contribution >= 0.6 is 0 Å². The first-order valence-corrected chi connectivity index (χ1v) is 18.3. The van der Waals surface area contributed by atoms with Crippen molar-refractivity contribution in [2.45, 2.75) is 0 Å². The molecule has 0 amide bonds. The van der Waals surface area contributed by atoms with E-state index in [4.69, 9.17) is 138 Å². The Hall–Kier alpha value is -4.56. The summed E-state index contributed by atoms with van der Waals surface area (Å²) >= 11 is 0. The van der Waals surface area contributed by atoms with Gasteiger partial charge in [0.1, 0.15) is 145 Å². The molecule has 1 aromatic heterocycles. The SMILES string of the molecule is [B]c1c([B])c([B])c(-c2c([B])c([B])c([B])c(-c3c4c([B])c([B])c([B])c([B])c4c(-c4ccc5oc6c7ccccc7ccc6c5c4)c4c([B])c([B])c([B])c([B])c34)c2[B])c([B])c1[B]. The number of fused-ring (bicyclic) bond motifs is 7. The molecular weight excluding hydrogens is 704 g/mol. The van der Waals surface area contributed by atoms with Gasteiger partial charge < -0.3 is 4.42 Å². The highest BCUT2D eigenvalue weighted by Gasteiger charge is 2.28. The van der Waals surface area contributed by atoms with Crippen molar-refractivity contribution in [3.05, 3.63) is 54.6 Å². The van der Waals surface area contributed by atoms with Crippen molar-refractivity contribution in [2.24, 2.45) is 0 Å². The van der Waals surface area contributed by atoms with Crippen LogP contribution in [0.4, 0.5) is 0 Å². The Bertz CT molecular complexity index is 3350. The van der Waals surface area contributed by atoms with Crippen LogP contribution in [0.5, 0.6) is 0 Å². The van der Waals surface area contributed by atoms with Crippen molar-refractivity contribution in [2.75, 3.05) is 0 Å². The molecule has 9 rings (SSSR count). The molecule has 0 aliphatic carbocycles. The summed E-state index contributed by atoms with van der Waals surface area (Å²) in [6.07, 6.45) is 0. The van der Waals surface area contributed by atoms with E-state index in [9.17, 15) is 0 Å². The molecular formula is C42H9B17O. The highest BCUT2D eigenvalue weighted by Crippen LogP contribution is 2.42. The van der Waals surface area contributed by atoms with Crippen LogP contribution in [0.25, 0.3) is 87.6 Å². The molecule has 0 N–H and O–H groups in total. The Morgan fingerprint density at radius 1 is 0.283 bits per heavy atom. The lowest BCUT2D eigenvalue weighted by atomic mass is 9.55. The van der Waals surface area contributed by atoms with Gasteiger partial charge in [-0.05, 0) is 78.5 Å². The van der Waals surface area contributed by atoms with E-state index in [0.717, 1.165) is 21.5 Å². The summed E-state index contributed by atoms with van der Waals surface area (Å²) in [4.78, 5) is 0. The highest BCUT2D eigenvalue weighted by molar-refractivity contribution is 6.74. The lowest BCUT2D eigenvalue weighted by molar-refractivity contribution is 0.672. The molecule has 0 bridgehead atoms. The fraction of sp³-hybridized carbons (Fsp3) is 0. The summed E-state index contributed by atoms with van der Waals surface area (Å²) in [5, 5.41) is 4.62. The van der Waals surface area contributed by atoms with Crippen LogP contribution in [0.1, 0.15) is 0 Å². The van der Waals surface area contributed by atoms with Crippen LogP contribution in [0.3, 0.4) is 0 Å². The van der Waals surface area contributed by atoms with E-state index >= 15 is 0 Å². The molecule has 0 atom stereocenters. The van der Waals surface area contributed by atoms with E-state index < -0.39 is 0 Å². The molecule has 0 saturated heterocycles. The zero-order valence-electron chi connectivity index (χ0n) is 31.9.